The highest BCUT2D eigenvalue weighted by Gasteiger charge is 2.47. The van der Waals surface area contributed by atoms with Gasteiger partial charge in [-0.15, -0.1) is 0 Å². The molecular formula is C24H19NO5. The summed E-state index contributed by atoms with van der Waals surface area (Å²) in [7, 11) is 1.48. The number of hydrogen-bond acceptors (Lipinski definition) is 5. The van der Waals surface area contributed by atoms with Gasteiger partial charge in [-0.1, -0.05) is 54.6 Å². The van der Waals surface area contributed by atoms with E-state index in [4.69, 9.17) is 4.74 Å². The lowest BCUT2D eigenvalue weighted by molar-refractivity contribution is -0.132. The van der Waals surface area contributed by atoms with Gasteiger partial charge >= 0.3 is 0 Å². The largest absolute Gasteiger partial charge is 0.508 e. The molecule has 0 saturated carbocycles. The zero-order valence-electron chi connectivity index (χ0n) is 16.1. The zero-order chi connectivity index (χ0) is 21.3. The molecule has 6 nitrogen and oxygen atoms in total. The molecule has 1 aliphatic heterocycles. The zero-order valence-corrected chi connectivity index (χ0v) is 16.1. The van der Waals surface area contributed by atoms with E-state index in [0.29, 0.717) is 22.6 Å². The summed E-state index contributed by atoms with van der Waals surface area (Å²) in [5, 5.41) is 20.7. The van der Waals surface area contributed by atoms with Gasteiger partial charge < -0.3 is 14.9 Å². The monoisotopic (exact) mass is 401 g/mol. The SMILES string of the molecule is COc1ccccc1N1C(=O)C(=O)/C(=C(/O)c2ccccc2)C1c1ccc(O)cc1. The second-order valence-electron chi connectivity index (χ2n) is 6.80. The second kappa shape index (κ2) is 7.75. The van der Waals surface area contributed by atoms with Crippen molar-refractivity contribution < 1.29 is 24.5 Å². The molecule has 150 valence electrons. The molecule has 1 heterocycles. The van der Waals surface area contributed by atoms with Crippen LogP contribution in [0, 0.1) is 0 Å². The number of hydrogen-bond donors (Lipinski definition) is 2. The summed E-state index contributed by atoms with van der Waals surface area (Å²) in [4.78, 5) is 27.5. The molecule has 1 fully saturated rings. The van der Waals surface area contributed by atoms with Gasteiger partial charge in [0.25, 0.3) is 11.7 Å². The average molecular weight is 401 g/mol. The Morgan fingerprint density at radius 3 is 2.20 bits per heavy atom. The Bertz CT molecular complexity index is 1140. The van der Waals surface area contributed by atoms with Crippen LogP contribution in [0.15, 0.2) is 84.4 Å². The highest BCUT2D eigenvalue weighted by atomic mass is 16.5. The van der Waals surface area contributed by atoms with E-state index < -0.39 is 17.7 Å². The summed E-state index contributed by atoms with van der Waals surface area (Å²) in [6.45, 7) is 0. The summed E-state index contributed by atoms with van der Waals surface area (Å²) < 4.78 is 5.40. The van der Waals surface area contributed by atoms with Crippen molar-refractivity contribution in [1.29, 1.82) is 0 Å². The number of anilines is 1. The van der Waals surface area contributed by atoms with Gasteiger partial charge in [-0.05, 0) is 29.8 Å². The van der Waals surface area contributed by atoms with Crippen molar-refractivity contribution in [3.8, 4) is 11.5 Å². The lowest BCUT2D eigenvalue weighted by Crippen LogP contribution is -2.29. The normalized spacial score (nSPS) is 17.9. The summed E-state index contributed by atoms with van der Waals surface area (Å²) in [5.74, 6) is -1.35. The van der Waals surface area contributed by atoms with E-state index in [0.717, 1.165) is 0 Å². The first kappa shape index (κ1) is 19.3. The standard InChI is InChI=1S/C24H19NO5/c1-30-19-10-6-5-9-18(19)25-21(15-11-13-17(26)14-12-15)20(23(28)24(25)29)22(27)16-7-3-2-4-8-16/h2-14,21,26-27H,1H3/b22-20+. The van der Waals surface area contributed by atoms with Crippen LogP contribution in [0.2, 0.25) is 0 Å². The van der Waals surface area contributed by atoms with Crippen LogP contribution in [0.1, 0.15) is 17.2 Å². The van der Waals surface area contributed by atoms with Crippen molar-refractivity contribution in [3.05, 3.63) is 95.6 Å². The minimum Gasteiger partial charge on any atom is -0.508 e. The first-order valence-electron chi connectivity index (χ1n) is 9.31. The summed E-state index contributed by atoms with van der Waals surface area (Å²) in [6, 6.07) is 20.8. The van der Waals surface area contributed by atoms with Crippen LogP contribution >= 0.6 is 0 Å². The number of carbonyl (C=O) groups excluding carboxylic acids is 2. The predicted octanol–water partition coefficient (Wildman–Crippen LogP) is 4.03. The van der Waals surface area contributed by atoms with E-state index in [1.165, 1.54) is 24.1 Å². The number of aromatic hydroxyl groups is 1. The van der Waals surface area contributed by atoms with Gasteiger partial charge in [-0.2, -0.15) is 0 Å². The lowest BCUT2D eigenvalue weighted by atomic mass is 9.95. The molecule has 0 bridgehead atoms. The third kappa shape index (κ3) is 3.18. The minimum absolute atomic E-state index is 0.0252. The van der Waals surface area contributed by atoms with E-state index in [9.17, 15) is 19.8 Å². The molecule has 1 atom stereocenters. The number of nitrogens with zero attached hydrogens (tertiary/aromatic N) is 1. The van der Waals surface area contributed by atoms with Gasteiger partial charge in [-0.3, -0.25) is 14.5 Å². The fraction of sp³-hybridized carbons (Fsp3) is 0.0833. The number of benzene rings is 3. The number of ketones is 1. The van der Waals surface area contributed by atoms with Crippen molar-refractivity contribution in [2.24, 2.45) is 0 Å². The summed E-state index contributed by atoms with van der Waals surface area (Å²) in [6.07, 6.45) is 0. The van der Waals surface area contributed by atoms with Gasteiger partial charge in [0, 0.05) is 5.56 Å². The topological polar surface area (TPSA) is 87.1 Å². The van der Waals surface area contributed by atoms with Crippen LogP contribution in [-0.4, -0.2) is 29.0 Å². The maximum Gasteiger partial charge on any atom is 0.300 e. The van der Waals surface area contributed by atoms with Gasteiger partial charge in [0.05, 0.1) is 24.4 Å². The van der Waals surface area contributed by atoms with E-state index in [1.54, 1.807) is 66.7 Å². The van der Waals surface area contributed by atoms with Gasteiger partial charge in [0.15, 0.2) is 0 Å². The lowest BCUT2D eigenvalue weighted by Gasteiger charge is -2.26. The Morgan fingerprint density at radius 1 is 0.900 bits per heavy atom. The van der Waals surface area contributed by atoms with Crippen molar-refractivity contribution >= 4 is 23.1 Å². The van der Waals surface area contributed by atoms with Crippen molar-refractivity contribution in [2.45, 2.75) is 6.04 Å². The highest BCUT2D eigenvalue weighted by Crippen LogP contribution is 2.44. The van der Waals surface area contributed by atoms with Gasteiger partial charge in [0.2, 0.25) is 0 Å². The number of amides is 1. The molecule has 1 amide bonds. The number of ether oxygens (including phenoxy) is 1. The first-order chi connectivity index (χ1) is 14.5. The molecule has 1 saturated heterocycles. The van der Waals surface area contributed by atoms with E-state index in [-0.39, 0.29) is 17.1 Å². The first-order valence-corrected chi connectivity index (χ1v) is 9.31. The molecule has 4 rings (SSSR count). The second-order valence-corrected chi connectivity index (χ2v) is 6.80. The number of aliphatic hydroxyl groups is 1. The van der Waals surface area contributed by atoms with Gasteiger partial charge in [0.1, 0.15) is 17.3 Å². The molecule has 1 aliphatic rings. The number of phenolic OH excluding ortho intramolecular Hbond substituents is 1. The van der Waals surface area contributed by atoms with E-state index >= 15 is 0 Å². The van der Waals surface area contributed by atoms with Crippen LogP contribution < -0.4 is 9.64 Å². The molecule has 0 aliphatic carbocycles. The smallest absolute Gasteiger partial charge is 0.300 e. The molecular weight excluding hydrogens is 382 g/mol. The Hall–Kier alpha value is -4.06. The van der Waals surface area contributed by atoms with Crippen LogP contribution in [0.3, 0.4) is 0 Å². The molecule has 30 heavy (non-hydrogen) atoms. The molecule has 3 aromatic rings. The van der Waals surface area contributed by atoms with Crippen LogP contribution in [0.25, 0.3) is 5.76 Å². The van der Waals surface area contributed by atoms with Crippen LogP contribution in [-0.2, 0) is 9.59 Å². The molecule has 0 spiro atoms. The molecule has 2 N–H and O–H groups in total. The van der Waals surface area contributed by atoms with E-state index in [1.807, 2.05) is 0 Å². The third-order valence-electron chi connectivity index (χ3n) is 5.05. The molecule has 3 aromatic carbocycles. The third-order valence-corrected chi connectivity index (χ3v) is 5.05. The minimum atomic E-state index is -0.887. The highest BCUT2D eigenvalue weighted by molar-refractivity contribution is 6.51. The molecule has 1 unspecified atom stereocenters. The fourth-order valence-corrected chi connectivity index (χ4v) is 3.63. The molecule has 0 radical (unpaired) electrons. The number of Topliss-reactive ketones (excluding diaryl/α,β-unsaturated/α-hetero) is 1. The van der Waals surface area contributed by atoms with Crippen molar-refractivity contribution in [3.63, 3.8) is 0 Å². The fourth-order valence-electron chi connectivity index (χ4n) is 3.63. The van der Waals surface area contributed by atoms with Crippen LogP contribution in [0.4, 0.5) is 5.69 Å². The van der Waals surface area contributed by atoms with Gasteiger partial charge in [-0.25, -0.2) is 0 Å². The number of carbonyl (C=O) groups is 2. The molecule has 6 heteroatoms. The Balaban J connectivity index is 1.97. The number of phenols is 1. The number of para-hydroxylation sites is 2. The maximum absolute atomic E-state index is 13.1. The summed E-state index contributed by atoms with van der Waals surface area (Å²) in [5.41, 5.74) is 1.38. The van der Waals surface area contributed by atoms with Crippen LogP contribution in [0.5, 0.6) is 11.5 Å². The summed E-state index contributed by atoms with van der Waals surface area (Å²) >= 11 is 0. The number of rotatable bonds is 4. The average Bonchev–Trinajstić information content (AvgIpc) is 3.05. The number of methoxy groups -OCH3 is 1. The van der Waals surface area contributed by atoms with Crippen molar-refractivity contribution in [1.82, 2.24) is 0 Å². The maximum atomic E-state index is 13.1. The quantitative estimate of drug-likeness (QED) is 0.392. The number of aliphatic hydroxyl groups excluding tert-OH is 1. The van der Waals surface area contributed by atoms with E-state index in [2.05, 4.69) is 0 Å². The Labute approximate surface area is 173 Å². The predicted molar refractivity (Wildman–Crippen MR) is 112 cm³/mol. The van der Waals surface area contributed by atoms with Crippen molar-refractivity contribution in [2.75, 3.05) is 12.0 Å². The Morgan fingerprint density at radius 2 is 1.53 bits per heavy atom. The Kier molecular flexibility index (Phi) is 4.98. The molecule has 0 aromatic heterocycles.